The number of pyridine rings is 1. The minimum absolute atomic E-state index is 0.0393. The Bertz CT molecular complexity index is 882. The van der Waals surface area contributed by atoms with Gasteiger partial charge in [-0.05, 0) is 25.8 Å². The molecule has 1 aliphatic rings. The number of hydrogen-bond donors (Lipinski definition) is 0. The van der Waals surface area contributed by atoms with Gasteiger partial charge < -0.3 is 9.47 Å². The van der Waals surface area contributed by atoms with Gasteiger partial charge in [-0.3, -0.25) is 9.48 Å². The van der Waals surface area contributed by atoms with E-state index in [2.05, 4.69) is 19.6 Å². The summed E-state index contributed by atoms with van der Waals surface area (Å²) in [4.78, 5) is 23.4. The highest BCUT2D eigenvalue weighted by Gasteiger charge is 2.26. The standard InChI is InChI=1S/C17H20N6O/c1-12-15-8-13(9-19-16(15)21(2)20-12)17(24)22-6-3-4-14(10-22)23-7-5-18-11-23/h5,7-9,11,14H,3-4,6,10H2,1-2H3/t14-/m0/s1. The number of piperidine rings is 1. The molecule has 1 aliphatic heterocycles. The Balaban J connectivity index is 1.60. The second-order valence-electron chi connectivity index (χ2n) is 6.36. The van der Waals surface area contributed by atoms with Crippen LogP contribution in [0, 0.1) is 6.92 Å². The number of likely N-dealkylation sites (tertiary alicyclic amines) is 1. The number of carbonyl (C=O) groups is 1. The second kappa shape index (κ2) is 5.74. The number of carbonyl (C=O) groups excluding carboxylic acids is 1. The highest BCUT2D eigenvalue weighted by atomic mass is 16.2. The maximum Gasteiger partial charge on any atom is 0.255 e. The lowest BCUT2D eigenvalue weighted by atomic mass is 10.0. The van der Waals surface area contributed by atoms with Gasteiger partial charge in [0, 0.05) is 44.1 Å². The molecule has 0 bridgehead atoms. The summed E-state index contributed by atoms with van der Waals surface area (Å²) in [6, 6.07) is 2.20. The smallest absolute Gasteiger partial charge is 0.255 e. The largest absolute Gasteiger partial charge is 0.337 e. The number of nitrogens with zero attached hydrogens (tertiary/aromatic N) is 6. The molecule has 4 rings (SSSR count). The van der Waals surface area contributed by atoms with Crippen LogP contribution >= 0.6 is 0 Å². The zero-order valence-corrected chi connectivity index (χ0v) is 13.9. The number of aromatic nitrogens is 5. The molecule has 1 fully saturated rings. The number of amides is 1. The number of imidazole rings is 1. The van der Waals surface area contributed by atoms with Crippen molar-refractivity contribution in [1.29, 1.82) is 0 Å². The van der Waals surface area contributed by atoms with Gasteiger partial charge in [-0.25, -0.2) is 9.97 Å². The van der Waals surface area contributed by atoms with Gasteiger partial charge in [-0.2, -0.15) is 5.10 Å². The van der Waals surface area contributed by atoms with E-state index in [1.807, 2.05) is 37.5 Å². The van der Waals surface area contributed by atoms with E-state index in [-0.39, 0.29) is 5.91 Å². The zero-order chi connectivity index (χ0) is 16.7. The monoisotopic (exact) mass is 324 g/mol. The second-order valence-corrected chi connectivity index (χ2v) is 6.36. The van der Waals surface area contributed by atoms with E-state index in [1.165, 1.54) is 0 Å². The SMILES string of the molecule is Cc1nn(C)c2ncc(C(=O)N3CCC[C@H](n4ccnc4)C3)cc12. The van der Waals surface area contributed by atoms with Crippen LogP contribution in [0.1, 0.15) is 34.9 Å². The van der Waals surface area contributed by atoms with Gasteiger partial charge in [0.25, 0.3) is 5.91 Å². The number of fused-ring (bicyclic) bond motifs is 1. The van der Waals surface area contributed by atoms with E-state index < -0.39 is 0 Å². The Labute approximate surface area is 139 Å². The first-order chi connectivity index (χ1) is 11.6. The zero-order valence-electron chi connectivity index (χ0n) is 13.9. The number of hydrogen-bond acceptors (Lipinski definition) is 4. The van der Waals surface area contributed by atoms with Crippen molar-refractivity contribution in [3.8, 4) is 0 Å². The van der Waals surface area contributed by atoms with E-state index in [9.17, 15) is 4.79 Å². The summed E-state index contributed by atoms with van der Waals surface area (Å²) in [5, 5.41) is 5.30. The van der Waals surface area contributed by atoms with Crippen LogP contribution < -0.4 is 0 Å². The third kappa shape index (κ3) is 2.46. The Hall–Kier alpha value is -2.70. The first-order valence-corrected chi connectivity index (χ1v) is 8.19. The van der Waals surface area contributed by atoms with Crippen LogP contribution in [0.4, 0.5) is 0 Å². The molecule has 1 atom stereocenters. The number of rotatable bonds is 2. The third-order valence-electron chi connectivity index (χ3n) is 4.74. The molecule has 7 nitrogen and oxygen atoms in total. The molecule has 4 heterocycles. The van der Waals surface area contributed by atoms with E-state index in [4.69, 9.17) is 0 Å². The molecular formula is C17H20N6O. The maximum absolute atomic E-state index is 12.9. The third-order valence-corrected chi connectivity index (χ3v) is 4.74. The first kappa shape index (κ1) is 14.9. The fourth-order valence-electron chi connectivity index (χ4n) is 3.48. The topological polar surface area (TPSA) is 68.8 Å². The van der Waals surface area contributed by atoms with Gasteiger partial charge in [0.2, 0.25) is 0 Å². The predicted molar refractivity (Wildman–Crippen MR) is 89.6 cm³/mol. The summed E-state index contributed by atoms with van der Waals surface area (Å²) in [5.41, 5.74) is 2.33. The Morgan fingerprint density at radius 3 is 3.04 bits per heavy atom. The normalized spacial score (nSPS) is 18.2. The van der Waals surface area contributed by atoms with Gasteiger partial charge in [0.15, 0.2) is 5.65 Å². The molecule has 1 saturated heterocycles. The minimum Gasteiger partial charge on any atom is -0.337 e. The maximum atomic E-state index is 12.9. The summed E-state index contributed by atoms with van der Waals surface area (Å²) in [6.07, 6.45) is 9.29. The van der Waals surface area contributed by atoms with Crippen LogP contribution in [0.5, 0.6) is 0 Å². The molecule has 3 aromatic heterocycles. The average Bonchev–Trinajstić information content (AvgIpc) is 3.23. The van der Waals surface area contributed by atoms with Crippen molar-refractivity contribution in [2.75, 3.05) is 13.1 Å². The minimum atomic E-state index is 0.0393. The van der Waals surface area contributed by atoms with E-state index in [0.717, 1.165) is 36.1 Å². The molecule has 124 valence electrons. The molecule has 0 aliphatic carbocycles. The van der Waals surface area contributed by atoms with Gasteiger partial charge in [-0.15, -0.1) is 0 Å². The Kier molecular flexibility index (Phi) is 3.55. The highest BCUT2D eigenvalue weighted by Crippen LogP contribution is 2.24. The van der Waals surface area contributed by atoms with Crippen LogP contribution in [-0.4, -0.2) is 48.2 Å². The Morgan fingerprint density at radius 2 is 2.25 bits per heavy atom. The van der Waals surface area contributed by atoms with Crippen molar-refractivity contribution >= 4 is 16.9 Å². The lowest BCUT2D eigenvalue weighted by Crippen LogP contribution is -2.40. The summed E-state index contributed by atoms with van der Waals surface area (Å²) < 4.78 is 3.83. The van der Waals surface area contributed by atoms with E-state index >= 15 is 0 Å². The van der Waals surface area contributed by atoms with Crippen LogP contribution in [0.2, 0.25) is 0 Å². The molecule has 0 radical (unpaired) electrons. The fraction of sp³-hybridized carbons (Fsp3) is 0.412. The van der Waals surface area contributed by atoms with Crippen molar-refractivity contribution < 1.29 is 4.79 Å². The van der Waals surface area contributed by atoms with Crippen molar-refractivity contribution in [3.63, 3.8) is 0 Å². The first-order valence-electron chi connectivity index (χ1n) is 8.19. The molecule has 0 spiro atoms. The lowest BCUT2D eigenvalue weighted by Gasteiger charge is -2.33. The quantitative estimate of drug-likeness (QED) is 0.722. The molecule has 1 amide bonds. The average molecular weight is 324 g/mol. The van der Waals surface area contributed by atoms with Crippen molar-refractivity contribution in [2.45, 2.75) is 25.8 Å². The summed E-state index contributed by atoms with van der Waals surface area (Å²) >= 11 is 0. The van der Waals surface area contributed by atoms with Gasteiger partial charge in [0.05, 0.1) is 23.6 Å². The van der Waals surface area contributed by atoms with Gasteiger partial charge >= 0.3 is 0 Å². The van der Waals surface area contributed by atoms with Crippen molar-refractivity contribution in [3.05, 3.63) is 42.2 Å². The molecule has 24 heavy (non-hydrogen) atoms. The van der Waals surface area contributed by atoms with Crippen LogP contribution in [0.3, 0.4) is 0 Å². The number of aryl methyl sites for hydroxylation is 2. The molecule has 7 heteroatoms. The van der Waals surface area contributed by atoms with Crippen molar-refractivity contribution in [1.82, 2.24) is 29.2 Å². The molecule has 3 aromatic rings. The summed E-state index contributed by atoms with van der Waals surface area (Å²) in [7, 11) is 1.87. The van der Waals surface area contributed by atoms with Crippen LogP contribution in [-0.2, 0) is 7.05 Å². The molecule has 0 N–H and O–H groups in total. The molecule has 0 saturated carbocycles. The van der Waals surface area contributed by atoms with Gasteiger partial charge in [0.1, 0.15) is 0 Å². The highest BCUT2D eigenvalue weighted by molar-refractivity contribution is 5.97. The lowest BCUT2D eigenvalue weighted by molar-refractivity contribution is 0.0679. The summed E-state index contributed by atoms with van der Waals surface area (Å²) in [6.45, 7) is 3.43. The molecule has 0 aromatic carbocycles. The van der Waals surface area contributed by atoms with Crippen molar-refractivity contribution in [2.24, 2.45) is 7.05 Å². The molecular weight excluding hydrogens is 304 g/mol. The predicted octanol–water partition coefficient (Wildman–Crippen LogP) is 1.95. The van der Waals surface area contributed by atoms with Gasteiger partial charge in [-0.1, -0.05) is 0 Å². The van der Waals surface area contributed by atoms with E-state index in [0.29, 0.717) is 18.2 Å². The summed E-state index contributed by atoms with van der Waals surface area (Å²) in [5.74, 6) is 0.0393. The fourth-order valence-corrected chi connectivity index (χ4v) is 3.48. The van der Waals surface area contributed by atoms with Crippen LogP contribution in [0.25, 0.3) is 11.0 Å². The van der Waals surface area contributed by atoms with E-state index in [1.54, 1.807) is 17.1 Å². The Morgan fingerprint density at radius 1 is 1.38 bits per heavy atom. The molecule has 0 unspecified atom stereocenters. The van der Waals surface area contributed by atoms with Crippen LogP contribution in [0.15, 0.2) is 31.0 Å².